The second-order valence-corrected chi connectivity index (χ2v) is 5.90. The molecule has 1 saturated carbocycles. The zero-order chi connectivity index (χ0) is 13.0. The van der Waals surface area contributed by atoms with E-state index in [0.29, 0.717) is 0 Å². The molecule has 18 heavy (non-hydrogen) atoms. The zero-order valence-electron chi connectivity index (χ0n) is 11.5. The lowest BCUT2D eigenvalue weighted by atomic mass is 9.97. The van der Waals surface area contributed by atoms with Crippen LogP contribution in [0.3, 0.4) is 0 Å². The zero-order valence-corrected chi connectivity index (χ0v) is 11.5. The molecule has 2 fully saturated rings. The quantitative estimate of drug-likeness (QED) is 0.794. The smallest absolute Gasteiger partial charge is 0.239 e. The van der Waals surface area contributed by atoms with Gasteiger partial charge in [0, 0.05) is 18.6 Å². The SMILES string of the molecule is CC(NC1(CO)CCCC1)C(=O)N1CCCCC1. The van der Waals surface area contributed by atoms with Crippen molar-refractivity contribution in [2.75, 3.05) is 19.7 Å². The van der Waals surface area contributed by atoms with E-state index in [0.717, 1.165) is 51.6 Å². The Morgan fingerprint density at radius 3 is 2.39 bits per heavy atom. The number of carbonyl (C=O) groups excluding carboxylic acids is 1. The van der Waals surface area contributed by atoms with Crippen molar-refractivity contribution in [3.05, 3.63) is 0 Å². The van der Waals surface area contributed by atoms with Gasteiger partial charge in [0.15, 0.2) is 0 Å². The largest absolute Gasteiger partial charge is 0.394 e. The lowest BCUT2D eigenvalue weighted by Gasteiger charge is -2.35. The molecule has 2 N–H and O–H groups in total. The minimum absolute atomic E-state index is 0.143. The summed E-state index contributed by atoms with van der Waals surface area (Å²) in [4.78, 5) is 14.3. The first-order chi connectivity index (χ1) is 8.67. The van der Waals surface area contributed by atoms with Crippen LogP contribution in [0.4, 0.5) is 0 Å². The number of likely N-dealkylation sites (tertiary alicyclic amines) is 1. The second-order valence-electron chi connectivity index (χ2n) is 5.90. The predicted molar refractivity (Wildman–Crippen MR) is 71.3 cm³/mol. The first kappa shape index (κ1) is 13.8. The minimum Gasteiger partial charge on any atom is -0.394 e. The molecule has 0 aromatic heterocycles. The molecule has 4 heteroatoms. The fourth-order valence-electron chi connectivity index (χ4n) is 3.31. The van der Waals surface area contributed by atoms with Crippen molar-refractivity contribution in [2.45, 2.75) is 63.5 Å². The van der Waals surface area contributed by atoms with Crippen LogP contribution in [0.25, 0.3) is 0 Å². The molecule has 4 nitrogen and oxygen atoms in total. The van der Waals surface area contributed by atoms with E-state index in [9.17, 15) is 9.90 Å². The van der Waals surface area contributed by atoms with Gasteiger partial charge < -0.3 is 10.0 Å². The van der Waals surface area contributed by atoms with Crippen LogP contribution in [0, 0.1) is 0 Å². The van der Waals surface area contributed by atoms with E-state index in [2.05, 4.69) is 5.32 Å². The summed E-state index contributed by atoms with van der Waals surface area (Å²) in [6, 6.07) is -0.173. The van der Waals surface area contributed by atoms with Crippen LogP contribution in [0.2, 0.25) is 0 Å². The Hall–Kier alpha value is -0.610. The first-order valence-corrected chi connectivity index (χ1v) is 7.34. The van der Waals surface area contributed by atoms with E-state index in [4.69, 9.17) is 0 Å². The summed E-state index contributed by atoms with van der Waals surface area (Å²) >= 11 is 0. The standard InChI is InChI=1S/C14H26N2O2/c1-12(13(18)16-9-5-2-6-10-16)15-14(11-17)7-3-4-8-14/h12,15,17H,2-11H2,1H3. The number of piperidine rings is 1. The number of aliphatic hydroxyl groups excluding tert-OH is 1. The summed E-state index contributed by atoms with van der Waals surface area (Å²) in [6.45, 7) is 3.88. The summed E-state index contributed by atoms with van der Waals surface area (Å²) in [6.07, 6.45) is 7.78. The molecule has 1 unspecified atom stereocenters. The summed E-state index contributed by atoms with van der Waals surface area (Å²) in [5.41, 5.74) is -0.204. The average molecular weight is 254 g/mol. The topological polar surface area (TPSA) is 52.6 Å². The maximum atomic E-state index is 12.3. The maximum Gasteiger partial charge on any atom is 0.239 e. The van der Waals surface area contributed by atoms with Gasteiger partial charge in [0.2, 0.25) is 5.91 Å². The highest BCUT2D eigenvalue weighted by Gasteiger charge is 2.36. The molecule has 1 atom stereocenters. The van der Waals surface area contributed by atoms with E-state index in [1.165, 1.54) is 6.42 Å². The van der Waals surface area contributed by atoms with Crippen molar-refractivity contribution in [2.24, 2.45) is 0 Å². The summed E-state index contributed by atoms with van der Waals surface area (Å²) < 4.78 is 0. The Balaban J connectivity index is 1.89. The number of hydrogen-bond acceptors (Lipinski definition) is 3. The number of hydrogen-bond donors (Lipinski definition) is 2. The third kappa shape index (κ3) is 3.04. The van der Waals surface area contributed by atoms with Crippen LogP contribution in [-0.4, -0.2) is 47.2 Å². The molecular formula is C14H26N2O2. The summed E-state index contributed by atoms with van der Waals surface area (Å²) in [5.74, 6) is 0.203. The van der Waals surface area contributed by atoms with Gasteiger partial charge in [-0.15, -0.1) is 0 Å². The third-order valence-electron chi connectivity index (χ3n) is 4.42. The van der Waals surface area contributed by atoms with E-state index >= 15 is 0 Å². The number of aliphatic hydroxyl groups is 1. The highest BCUT2D eigenvalue weighted by molar-refractivity contribution is 5.81. The lowest BCUT2D eigenvalue weighted by molar-refractivity contribution is -0.134. The van der Waals surface area contributed by atoms with Crippen molar-refractivity contribution in [3.63, 3.8) is 0 Å². The molecule has 0 radical (unpaired) electrons. The van der Waals surface area contributed by atoms with Crippen molar-refractivity contribution in [1.82, 2.24) is 10.2 Å². The molecule has 1 saturated heterocycles. The van der Waals surface area contributed by atoms with Gasteiger partial charge in [-0.3, -0.25) is 10.1 Å². The van der Waals surface area contributed by atoms with Crippen LogP contribution in [-0.2, 0) is 4.79 Å². The van der Waals surface area contributed by atoms with Gasteiger partial charge >= 0.3 is 0 Å². The highest BCUT2D eigenvalue weighted by atomic mass is 16.3. The molecular weight excluding hydrogens is 228 g/mol. The molecule has 0 aromatic rings. The van der Waals surface area contributed by atoms with E-state index in [1.54, 1.807) is 0 Å². The molecule has 1 heterocycles. The number of nitrogens with zero attached hydrogens (tertiary/aromatic N) is 1. The van der Waals surface area contributed by atoms with E-state index < -0.39 is 0 Å². The molecule has 0 bridgehead atoms. The highest BCUT2D eigenvalue weighted by Crippen LogP contribution is 2.29. The van der Waals surface area contributed by atoms with Gasteiger partial charge in [0.25, 0.3) is 0 Å². The molecule has 1 amide bonds. The third-order valence-corrected chi connectivity index (χ3v) is 4.42. The monoisotopic (exact) mass is 254 g/mol. The molecule has 104 valence electrons. The Morgan fingerprint density at radius 2 is 1.83 bits per heavy atom. The van der Waals surface area contributed by atoms with Crippen molar-refractivity contribution < 1.29 is 9.90 Å². The Labute approximate surface area is 110 Å². The molecule has 1 aliphatic heterocycles. The average Bonchev–Trinajstić information content (AvgIpc) is 2.88. The Bertz CT molecular complexity index is 282. The van der Waals surface area contributed by atoms with Crippen molar-refractivity contribution >= 4 is 5.91 Å². The van der Waals surface area contributed by atoms with Gasteiger partial charge in [-0.25, -0.2) is 0 Å². The van der Waals surface area contributed by atoms with Gasteiger partial charge in [-0.05, 0) is 39.0 Å². The fraction of sp³-hybridized carbons (Fsp3) is 0.929. The van der Waals surface area contributed by atoms with Gasteiger partial charge in [-0.1, -0.05) is 12.8 Å². The fourth-order valence-corrected chi connectivity index (χ4v) is 3.31. The number of amides is 1. The number of nitrogens with one attached hydrogen (secondary N) is 1. The first-order valence-electron chi connectivity index (χ1n) is 7.34. The molecule has 2 aliphatic rings. The summed E-state index contributed by atoms with van der Waals surface area (Å²) in [5, 5.41) is 13.0. The van der Waals surface area contributed by atoms with Gasteiger partial charge in [-0.2, -0.15) is 0 Å². The second kappa shape index (κ2) is 6.02. The normalized spacial score (nSPS) is 25.1. The van der Waals surface area contributed by atoms with Crippen LogP contribution in [0.1, 0.15) is 51.9 Å². The Morgan fingerprint density at radius 1 is 1.22 bits per heavy atom. The Kier molecular flexibility index (Phi) is 4.62. The number of rotatable bonds is 4. The maximum absolute atomic E-state index is 12.3. The van der Waals surface area contributed by atoms with Crippen molar-refractivity contribution in [3.8, 4) is 0 Å². The van der Waals surface area contributed by atoms with Crippen LogP contribution < -0.4 is 5.32 Å². The molecule has 0 spiro atoms. The van der Waals surface area contributed by atoms with Crippen LogP contribution in [0.15, 0.2) is 0 Å². The predicted octanol–water partition coefficient (Wildman–Crippen LogP) is 1.28. The van der Waals surface area contributed by atoms with E-state index in [1.807, 2.05) is 11.8 Å². The minimum atomic E-state index is -0.204. The van der Waals surface area contributed by atoms with Gasteiger partial charge in [0.05, 0.1) is 12.6 Å². The van der Waals surface area contributed by atoms with E-state index in [-0.39, 0.29) is 24.1 Å². The molecule has 0 aromatic carbocycles. The molecule has 1 aliphatic carbocycles. The number of carbonyl (C=O) groups is 1. The molecule has 2 rings (SSSR count). The van der Waals surface area contributed by atoms with Crippen LogP contribution >= 0.6 is 0 Å². The van der Waals surface area contributed by atoms with Gasteiger partial charge in [0.1, 0.15) is 0 Å². The summed E-state index contributed by atoms with van der Waals surface area (Å²) in [7, 11) is 0. The van der Waals surface area contributed by atoms with Crippen LogP contribution in [0.5, 0.6) is 0 Å². The lowest BCUT2D eigenvalue weighted by Crippen LogP contribution is -2.56. The van der Waals surface area contributed by atoms with Crippen molar-refractivity contribution in [1.29, 1.82) is 0 Å².